The van der Waals surface area contributed by atoms with Crippen LogP contribution in [0.25, 0.3) is 0 Å². The number of nitrogens with zero attached hydrogens (tertiary/aromatic N) is 3. The van der Waals surface area contributed by atoms with Crippen molar-refractivity contribution in [2.75, 3.05) is 40.3 Å². The summed E-state index contributed by atoms with van der Waals surface area (Å²) in [6.45, 7) is 5.64. The zero-order valence-corrected chi connectivity index (χ0v) is 16.4. The SMILES string of the molecule is CCC(=O)N1CCC(NC(=NC)NCCCN(C)C2CCCCC2)C1. The first-order valence-electron chi connectivity index (χ1n) is 10.1. The zero-order chi connectivity index (χ0) is 18.1. The number of carbonyl (C=O) groups is 1. The van der Waals surface area contributed by atoms with Crippen molar-refractivity contribution < 1.29 is 4.79 Å². The number of amides is 1. The van der Waals surface area contributed by atoms with Gasteiger partial charge in [-0.15, -0.1) is 0 Å². The van der Waals surface area contributed by atoms with E-state index in [1.807, 2.05) is 18.9 Å². The van der Waals surface area contributed by atoms with Crippen molar-refractivity contribution in [1.29, 1.82) is 0 Å². The van der Waals surface area contributed by atoms with Crippen LogP contribution >= 0.6 is 0 Å². The molecule has 1 heterocycles. The molecule has 1 aliphatic heterocycles. The van der Waals surface area contributed by atoms with E-state index in [0.717, 1.165) is 51.0 Å². The van der Waals surface area contributed by atoms with Crippen LogP contribution in [0.15, 0.2) is 4.99 Å². The predicted molar refractivity (Wildman–Crippen MR) is 104 cm³/mol. The average Bonchev–Trinajstić information content (AvgIpc) is 3.12. The summed E-state index contributed by atoms with van der Waals surface area (Å²) in [6, 6.07) is 1.10. The van der Waals surface area contributed by atoms with Gasteiger partial charge in [-0.25, -0.2) is 0 Å². The maximum absolute atomic E-state index is 11.8. The van der Waals surface area contributed by atoms with E-state index in [-0.39, 0.29) is 5.91 Å². The van der Waals surface area contributed by atoms with Crippen molar-refractivity contribution in [3.63, 3.8) is 0 Å². The summed E-state index contributed by atoms with van der Waals surface area (Å²) in [7, 11) is 4.08. The summed E-state index contributed by atoms with van der Waals surface area (Å²) in [5.74, 6) is 1.11. The van der Waals surface area contributed by atoms with E-state index in [1.54, 1.807) is 0 Å². The first-order chi connectivity index (χ1) is 12.1. The summed E-state index contributed by atoms with van der Waals surface area (Å²) in [5.41, 5.74) is 0. The van der Waals surface area contributed by atoms with Crippen molar-refractivity contribution >= 4 is 11.9 Å². The molecular weight excluding hydrogens is 314 g/mol. The van der Waals surface area contributed by atoms with Gasteiger partial charge in [0, 0.05) is 45.2 Å². The first kappa shape index (κ1) is 20.0. The van der Waals surface area contributed by atoms with E-state index in [2.05, 4.69) is 27.6 Å². The van der Waals surface area contributed by atoms with Crippen LogP contribution < -0.4 is 10.6 Å². The smallest absolute Gasteiger partial charge is 0.222 e. The molecule has 144 valence electrons. The summed E-state index contributed by atoms with van der Waals surface area (Å²) in [4.78, 5) is 20.6. The van der Waals surface area contributed by atoms with Crippen LogP contribution in [0.5, 0.6) is 0 Å². The van der Waals surface area contributed by atoms with Crippen LogP contribution in [0, 0.1) is 0 Å². The minimum atomic E-state index is 0.248. The highest BCUT2D eigenvalue weighted by Crippen LogP contribution is 2.21. The Labute approximate surface area is 153 Å². The summed E-state index contributed by atoms with van der Waals surface area (Å²) in [5, 5.41) is 6.88. The lowest BCUT2D eigenvalue weighted by Gasteiger charge is -2.31. The summed E-state index contributed by atoms with van der Waals surface area (Å²) < 4.78 is 0. The Balaban J connectivity index is 1.61. The normalized spacial score (nSPS) is 22.5. The maximum Gasteiger partial charge on any atom is 0.222 e. The van der Waals surface area contributed by atoms with Gasteiger partial charge in [-0.1, -0.05) is 26.2 Å². The Morgan fingerprint density at radius 3 is 2.68 bits per heavy atom. The molecule has 2 N–H and O–H groups in total. The Morgan fingerprint density at radius 2 is 2.00 bits per heavy atom. The van der Waals surface area contributed by atoms with Gasteiger partial charge in [0.2, 0.25) is 5.91 Å². The molecule has 0 radical (unpaired) electrons. The minimum absolute atomic E-state index is 0.248. The molecule has 1 saturated carbocycles. The second kappa shape index (κ2) is 10.6. The van der Waals surface area contributed by atoms with E-state index < -0.39 is 0 Å². The van der Waals surface area contributed by atoms with Crippen LogP contribution in [-0.2, 0) is 4.79 Å². The third-order valence-electron chi connectivity index (χ3n) is 5.59. The van der Waals surface area contributed by atoms with E-state index in [9.17, 15) is 4.79 Å². The number of hydrogen-bond acceptors (Lipinski definition) is 3. The van der Waals surface area contributed by atoms with E-state index >= 15 is 0 Å². The fourth-order valence-electron chi connectivity index (χ4n) is 3.96. The Morgan fingerprint density at radius 1 is 1.24 bits per heavy atom. The maximum atomic E-state index is 11.8. The van der Waals surface area contributed by atoms with Crippen LogP contribution in [0.1, 0.15) is 58.3 Å². The van der Waals surface area contributed by atoms with Gasteiger partial charge in [0.25, 0.3) is 0 Å². The van der Waals surface area contributed by atoms with Gasteiger partial charge in [0.05, 0.1) is 0 Å². The molecule has 0 aromatic heterocycles. The molecule has 0 aromatic rings. The lowest BCUT2D eigenvalue weighted by molar-refractivity contribution is -0.129. The van der Waals surface area contributed by atoms with E-state index in [1.165, 1.54) is 32.1 Å². The van der Waals surface area contributed by atoms with Crippen LogP contribution in [0.4, 0.5) is 0 Å². The van der Waals surface area contributed by atoms with Crippen molar-refractivity contribution in [3.8, 4) is 0 Å². The molecule has 6 heteroatoms. The molecule has 1 unspecified atom stereocenters. The van der Waals surface area contributed by atoms with Crippen molar-refractivity contribution in [1.82, 2.24) is 20.4 Å². The monoisotopic (exact) mass is 351 g/mol. The first-order valence-corrected chi connectivity index (χ1v) is 10.1. The van der Waals surface area contributed by atoms with Gasteiger partial charge in [-0.2, -0.15) is 0 Å². The average molecular weight is 352 g/mol. The molecule has 2 fully saturated rings. The number of nitrogens with one attached hydrogen (secondary N) is 2. The molecule has 1 atom stereocenters. The van der Waals surface area contributed by atoms with Crippen molar-refractivity contribution in [2.45, 2.75) is 70.4 Å². The molecule has 6 nitrogen and oxygen atoms in total. The topological polar surface area (TPSA) is 60.0 Å². The number of guanidine groups is 1. The Kier molecular flexibility index (Phi) is 8.52. The second-order valence-corrected chi connectivity index (χ2v) is 7.45. The molecule has 1 saturated heterocycles. The number of carbonyl (C=O) groups excluding carboxylic acids is 1. The highest BCUT2D eigenvalue weighted by molar-refractivity contribution is 5.80. The lowest BCUT2D eigenvalue weighted by Crippen LogP contribution is -2.45. The van der Waals surface area contributed by atoms with Gasteiger partial charge in [-0.05, 0) is 39.3 Å². The standard InChI is InChI=1S/C19H37N5O/c1-4-18(25)24-14-11-16(15-24)22-19(20-2)21-12-8-13-23(3)17-9-6-5-7-10-17/h16-17H,4-15H2,1-3H3,(H2,20,21,22). The molecule has 0 spiro atoms. The molecule has 1 aliphatic carbocycles. The van der Waals surface area contributed by atoms with Crippen LogP contribution in [0.3, 0.4) is 0 Å². The molecule has 1 amide bonds. The highest BCUT2D eigenvalue weighted by atomic mass is 16.2. The third-order valence-corrected chi connectivity index (χ3v) is 5.59. The van der Waals surface area contributed by atoms with E-state index in [4.69, 9.17) is 0 Å². The minimum Gasteiger partial charge on any atom is -0.356 e. The number of hydrogen-bond donors (Lipinski definition) is 2. The van der Waals surface area contributed by atoms with Gasteiger partial charge >= 0.3 is 0 Å². The Bertz CT molecular complexity index is 434. The Hall–Kier alpha value is -1.30. The van der Waals surface area contributed by atoms with Gasteiger partial charge < -0.3 is 20.4 Å². The molecule has 2 rings (SSSR count). The lowest BCUT2D eigenvalue weighted by atomic mass is 9.94. The largest absolute Gasteiger partial charge is 0.356 e. The molecule has 25 heavy (non-hydrogen) atoms. The number of rotatable bonds is 7. The van der Waals surface area contributed by atoms with Gasteiger partial charge in [0.1, 0.15) is 0 Å². The van der Waals surface area contributed by atoms with Crippen molar-refractivity contribution in [2.24, 2.45) is 4.99 Å². The second-order valence-electron chi connectivity index (χ2n) is 7.45. The third kappa shape index (κ3) is 6.49. The van der Waals surface area contributed by atoms with Gasteiger partial charge in [-0.3, -0.25) is 9.79 Å². The summed E-state index contributed by atoms with van der Waals surface area (Å²) in [6.07, 6.45) is 9.63. The molecule has 0 aromatic carbocycles. The quantitative estimate of drug-likeness (QED) is 0.417. The molecular formula is C19H37N5O. The summed E-state index contributed by atoms with van der Waals surface area (Å²) >= 11 is 0. The van der Waals surface area contributed by atoms with Crippen LogP contribution in [-0.4, -0.2) is 74.0 Å². The van der Waals surface area contributed by atoms with Crippen LogP contribution in [0.2, 0.25) is 0 Å². The van der Waals surface area contributed by atoms with E-state index in [0.29, 0.717) is 12.5 Å². The highest BCUT2D eigenvalue weighted by Gasteiger charge is 2.25. The predicted octanol–water partition coefficient (Wildman–Crippen LogP) is 1.82. The molecule has 0 bridgehead atoms. The molecule has 2 aliphatic rings. The fourth-order valence-corrected chi connectivity index (χ4v) is 3.96. The van der Waals surface area contributed by atoms with Gasteiger partial charge in [0.15, 0.2) is 5.96 Å². The number of aliphatic imine (C=N–C) groups is 1. The number of likely N-dealkylation sites (tertiary alicyclic amines) is 1. The fraction of sp³-hybridized carbons (Fsp3) is 0.895. The zero-order valence-electron chi connectivity index (χ0n) is 16.4. The van der Waals surface area contributed by atoms with Crippen molar-refractivity contribution in [3.05, 3.63) is 0 Å².